The van der Waals surface area contributed by atoms with Gasteiger partial charge in [0.15, 0.2) is 5.13 Å². The second-order valence-corrected chi connectivity index (χ2v) is 7.18. The van der Waals surface area contributed by atoms with Gasteiger partial charge in [-0.3, -0.25) is 4.72 Å². The topological polar surface area (TPSA) is 59.1 Å². The molecular formula is C12H12F2N2O2S2. The average molecular weight is 318 g/mol. The molecule has 0 amide bonds. The zero-order chi connectivity index (χ0) is 14.9. The lowest BCUT2D eigenvalue weighted by molar-refractivity contribution is 0.570. The van der Waals surface area contributed by atoms with E-state index in [4.69, 9.17) is 0 Å². The normalized spacial score (nSPS) is 11.6. The molecule has 0 atom stereocenters. The van der Waals surface area contributed by atoms with E-state index >= 15 is 0 Å². The highest BCUT2D eigenvalue weighted by Gasteiger charge is 2.17. The first-order valence-electron chi connectivity index (χ1n) is 5.65. The number of rotatable bonds is 4. The molecule has 0 unspecified atom stereocenters. The first kappa shape index (κ1) is 14.9. The average Bonchev–Trinajstić information content (AvgIpc) is 2.61. The van der Waals surface area contributed by atoms with Gasteiger partial charge in [-0.2, -0.15) is 0 Å². The van der Waals surface area contributed by atoms with Crippen molar-refractivity contribution < 1.29 is 17.2 Å². The second-order valence-electron chi connectivity index (χ2n) is 4.26. The summed E-state index contributed by atoms with van der Waals surface area (Å²) in [6.45, 7) is 3.59. The maximum absolute atomic E-state index is 13.4. The summed E-state index contributed by atoms with van der Waals surface area (Å²) in [6, 6.07) is 2.79. The van der Waals surface area contributed by atoms with Crippen molar-refractivity contribution in [2.24, 2.45) is 0 Å². The molecule has 108 valence electrons. The lowest BCUT2D eigenvalue weighted by Gasteiger charge is -2.06. The molecule has 1 N–H and O–H groups in total. The van der Waals surface area contributed by atoms with Crippen LogP contribution in [0.25, 0.3) is 0 Å². The Morgan fingerprint density at radius 1 is 1.30 bits per heavy atom. The molecule has 4 nitrogen and oxygen atoms in total. The van der Waals surface area contributed by atoms with Crippen LogP contribution in [0.3, 0.4) is 0 Å². The summed E-state index contributed by atoms with van der Waals surface area (Å²) in [7, 11) is -3.79. The van der Waals surface area contributed by atoms with Gasteiger partial charge >= 0.3 is 0 Å². The van der Waals surface area contributed by atoms with Gasteiger partial charge in [0.25, 0.3) is 0 Å². The molecule has 1 aromatic carbocycles. The fraction of sp³-hybridized carbons (Fsp3) is 0.250. The van der Waals surface area contributed by atoms with Gasteiger partial charge in [0.1, 0.15) is 11.6 Å². The van der Waals surface area contributed by atoms with E-state index < -0.39 is 27.4 Å². The Morgan fingerprint density at radius 2 is 2.00 bits per heavy atom. The van der Waals surface area contributed by atoms with E-state index in [0.717, 1.165) is 22.7 Å². The molecule has 20 heavy (non-hydrogen) atoms. The predicted molar refractivity (Wildman–Crippen MR) is 74.2 cm³/mol. The Hall–Kier alpha value is -1.54. The Balaban J connectivity index is 2.19. The highest BCUT2D eigenvalue weighted by atomic mass is 32.2. The molecule has 0 spiro atoms. The molecule has 0 aliphatic rings. The van der Waals surface area contributed by atoms with Crippen LogP contribution in [0.5, 0.6) is 0 Å². The van der Waals surface area contributed by atoms with E-state index in [9.17, 15) is 17.2 Å². The molecule has 1 heterocycles. The van der Waals surface area contributed by atoms with Crippen LogP contribution in [-0.4, -0.2) is 13.4 Å². The SMILES string of the molecule is Cc1nc(NS(=O)(=O)Cc2ccc(F)cc2F)sc1C. The quantitative estimate of drug-likeness (QED) is 0.943. The van der Waals surface area contributed by atoms with Crippen molar-refractivity contribution in [2.75, 3.05) is 4.72 Å². The van der Waals surface area contributed by atoms with Gasteiger partial charge in [-0.25, -0.2) is 22.2 Å². The Bertz CT molecular complexity index is 722. The van der Waals surface area contributed by atoms with E-state index in [1.54, 1.807) is 6.92 Å². The fourth-order valence-corrected chi connectivity index (χ4v) is 3.77. The molecule has 2 rings (SSSR count). The number of halogens is 2. The molecule has 2 aromatic rings. The maximum Gasteiger partial charge on any atom is 0.238 e. The lowest BCUT2D eigenvalue weighted by Crippen LogP contribution is -2.15. The molecular weight excluding hydrogens is 306 g/mol. The summed E-state index contributed by atoms with van der Waals surface area (Å²) in [4.78, 5) is 4.95. The number of nitrogens with zero attached hydrogens (tertiary/aromatic N) is 1. The molecule has 0 saturated heterocycles. The van der Waals surface area contributed by atoms with Gasteiger partial charge in [-0.15, -0.1) is 11.3 Å². The van der Waals surface area contributed by atoms with Crippen molar-refractivity contribution in [3.8, 4) is 0 Å². The molecule has 0 saturated carbocycles. The third-order valence-electron chi connectivity index (χ3n) is 2.63. The van der Waals surface area contributed by atoms with Crippen LogP contribution < -0.4 is 4.72 Å². The third-order valence-corrected chi connectivity index (χ3v) is 4.94. The van der Waals surface area contributed by atoms with Crippen molar-refractivity contribution in [2.45, 2.75) is 19.6 Å². The van der Waals surface area contributed by atoms with Crippen LogP contribution in [-0.2, 0) is 15.8 Å². The van der Waals surface area contributed by atoms with Crippen molar-refractivity contribution in [3.05, 3.63) is 46.0 Å². The third kappa shape index (κ3) is 3.51. The first-order chi connectivity index (χ1) is 9.27. The number of aromatic nitrogens is 1. The monoisotopic (exact) mass is 318 g/mol. The van der Waals surface area contributed by atoms with E-state index in [1.165, 1.54) is 11.3 Å². The number of benzene rings is 1. The van der Waals surface area contributed by atoms with Crippen molar-refractivity contribution in [1.82, 2.24) is 4.98 Å². The first-order valence-corrected chi connectivity index (χ1v) is 8.12. The molecule has 1 aromatic heterocycles. The summed E-state index contributed by atoms with van der Waals surface area (Å²) >= 11 is 1.20. The van der Waals surface area contributed by atoms with Gasteiger partial charge in [-0.1, -0.05) is 6.07 Å². The summed E-state index contributed by atoms with van der Waals surface area (Å²) in [5, 5.41) is 0.238. The standard InChI is InChI=1S/C12H12F2N2O2S2/c1-7-8(2)19-12(15-7)16-20(17,18)6-9-3-4-10(13)5-11(9)14/h3-5H,6H2,1-2H3,(H,15,16). The van der Waals surface area contributed by atoms with Gasteiger partial charge < -0.3 is 0 Å². The number of hydrogen-bond donors (Lipinski definition) is 1. The van der Waals surface area contributed by atoms with Crippen LogP contribution in [0.2, 0.25) is 0 Å². The van der Waals surface area contributed by atoms with Gasteiger partial charge in [0, 0.05) is 16.5 Å². The van der Waals surface area contributed by atoms with E-state index in [0.29, 0.717) is 6.07 Å². The van der Waals surface area contributed by atoms with E-state index in [-0.39, 0.29) is 10.7 Å². The van der Waals surface area contributed by atoms with Crippen LogP contribution in [0.15, 0.2) is 18.2 Å². The molecule has 0 radical (unpaired) electrons. The second kappa shape index (κ2) is 5.45. The number of thiazole rings is 1. The molecule has 8 heteroatoms. The maximum atomic E-state index is 13.4. The number of anilines is 1. The van der Waals surface area contributed by atoms with Crippen molar-refractivity contribution in [1.29, 1.82) is 0 Å². The number of aryl methyl sites for hydroxylation is 2. The van der Waals surface area contributed by atoms with Crippen LogP contribution in [0, 0.1) is 25.5 Å². The summed E-state index contributed by atoms with van der Waals surface area (Å²) < 4.78 is 52.3. The van der Waals surface area contributed by atoms with Gasteiger partial charge in [-0.05, 0) is 19.9 Å². The Morgan fingerprint density at radius 3 is 2.55 bits per heavy atom. The molecule has 0 fully saturated rings. The Kier molecular flexibility index (Phi) is 4.05. The molecule has 0 aliphatic heterocycles. The predicted octanol–water partition coefficient (Wildman–Crippen LogP) is 2.98. The minimum atomic E-state index is -3.79. The fourth-order valence-electron chi connectivity index (χ4n) is 1.53. The number of hydrogen-bond acceptors (Lipinski definition) is 4. The highest BCUT2D eigenvalue weighted by molar-refractivity contribution is 7.92. The minimum Gasteiger partial charge on any atom is -0.258 e. The number of nitrogens with one attached hydrogen (secondary N) is 1. The van der Waals surface area contributed by atoms with E-state index in [2.05, 4.69) is 9.71 Å². The zero-order valence-electron chi connectivity index (χ0n) is 10.8. The van der Waals surface area contributed by atoms with Crippen LogP contribution >= 0.6 is 11.3 Å². The summed E-state index contributed by atoms with van der Waals surface area (Å²) in [5.41, 5.74) is 0.643. The summed E-state index contributed by atoms with van der Waals surface area (Å²) in [6.07, 6.45) is 0. The number of sulfonamides is 1. The largest absolute Gasteiger partial charge is 0.258 e. The highest BCUT2D eigenvalue weighted by Crippen LogP contribution is 2.23. The molecule has 0 aliphatic carbocycles. The molecule has 0 bridgehead atoms. The zero-order valence-corrected chi connectivity index (χ0v) is 12.4. The van der Waals surface area contributed by atoms with Crippen molar-refractivity contribution in [3.63, 3.8) is 0 Å². The smallest absolute Gasteiger partial charge is 0.238 e. The van der Waals surface area contributed by atoms with Crippen LogP contribution in [0.4, 0.5) is 13.9 Å². The van der Waals surface area contributed by atoms with E-state index in [1.807, 2.05) is 6.92 Å². The van der Waals surface area contributed by atoms with Gasteiger partial charge in [0.2, 0.25) is 10.0 Å². The van der Waals surface area contributed by atoms with Crippen molar-refractivity contribution >= 4 is 26.5 Å². The summed E-state index contributed by atoms with van der Waals surface area (Å²) in [5.74, 6) is -2.21. The Labute approximate surface area is 119 Å². The van der Waals surface area contributed by atoms with Crippen LogP contribution in [0.1, 0.15) is 16.1 Å². The lowest BCUT2D eigenvalue weighted by atomic mass is 10.2. The van der Waals surface area contributed by atoms with Gasteiger partial charge in [0.05, 0.1) is 11.4 Å². The minimum absolute atomic E-state index is 0.0936.